The minimum absolute atomic E-state index is 0.102. The molecule has 1 aliphatic carbocycles. The molecule has 6 rings (SSSR count). The van der Waals surface area contributed by atoms with Crippen molar-refractivity contribution in [2.24, 2.45) is 44.9 Å². The van der Waals surface area contributed by atoms with Crippen LogP contribution in [0.25, 0.3) is 0 Å². The van der Waals surface area contributed by atoms with Gasteiger partial charge in [-0.15, -0.1) is 11.6 Å². The Labute approximate surface area is 170 Å². The maximum atomic E-state index is 13.4. The molecule has 8 atom stereocenters. The van der Waals surface area contributed by atoms with Crippen LogP contribution in [-0.2, 0) is 0 Å². The van der Waals surface area contributed by atoms with Crippen molar-refractivity contribution < 1.29 is 9.90 Å². The van der Waals surface area contributed by atoms with Crippen molar-refractivity contribution in [1.82, 2.24) is 20.5 Å². The molecule has 12 heteroatoms. The van der Waals surface area contributed by atoms with Crippen LogP contribution in [0.2, 0.25) is 0 Å². The summed E-state index contributed by atoms with van der Waals surface area (Å²) in [7, 11) is 0. The van der Waals surface area contributed by atoms with Crippen molar-refractivity contribution in [3.8, 4) is 0 Å². The number of guanidine groups is 2. The van der Waals surface area contributed by atoms with E-state index in [0.29, 0.717) is 18.8 Å². The first-order chi connectivity index (χ1) is 13.9. The number of nitrogens with two attached hydrogens (primary N) is 3. The van der Waals surface area contributed by atoms with Gasteiger partial charge in [0.1, 0.15) is 22.9 Å². The number of aliphatic hydroxyl groups excluding tert-OH is 1. The third kappa shape index (κ3) is 1.68. The summed E-state index contributed by atoms with van der Waals surface area (Å²) in [6.45, 7) is 0.713. The Balaban J connectivity index is 1.60. The van der Waals surface area contributed by atoms with E-state index in [4.69, 9.17) is 28.8 Å². The molecule has 5 aliphatic rings. The Morgan fingerprint density at radius 2 is 2.07 bits per heavy atom. The second-order valence-corrected chi connectivity index (χ2v) is 8.95. The Hall–Kier alpha value is -2.50. The molecular formula is C17H22ClN9O2. The van der Waals surface area contributed by atoms with Gasteiger partial charge < -0.3 is 42.8 Å². The molecule has 10 N–H and O–H groups in total. The fraction of sp³-hybridized carbons (Fsp3) is 0.588. The highest BCUT2D eigenvalue weighted by atomic mass is 35.5. The third-order valence-electron chi connectivity index (χ3n) is 7.49. The fourth-order valence-corrected chi connectivity index (χ4v) is 7.19. The fourth-order valence-electron chi connectivity index (χ4n) is 6.60. The van der Waals surface area contributed by atoms with Crippen LogP contribution >= 0.6 is 11.6 Å². The maximum Gasteiger partial charge on any atom is 0.272 e. The zero-order valence-corrected chi connectivity index (χ0v) is 16.1. The van der Waals surface area contributed by atoms with E-state index in [-0.39, 0.29) is 35.6 Å². The number of rotatable bonds is 1. The van der Waals surface area contributed by atoms with Gasteiger partial charge in [0.05, 0.1) is 5.38 Å². The second kappa shape index (κ2) is 5.15. The summed E-state index contributed by atoms with van der Waals surface area (Å²) in [5.41, 5.74) is 17.4. The summed E-state index contributed by atoms with van der Waals surface area (Å²) in [5.74, 6) is -0.446. The molecule has 1 amide bonds. The van der Waals surface area contributed by atoms with Gasteiger partial charge in [0.2, 0.25) is 0 Å². The van der Waals surface area contributed by atoms with Gasteiger partial charge in [0.25, 0.3) is 5.91 Å². The van der Waals surface area contributed by atoms with E-state index in [1.165, 1.54) is 0 Å². The summed E-state index contributed by atoms with van der Waals surface area (Å²) in [6, 6.07) is 1.39. The molecule has 29 heavy (non-hydrogen) atoms. The summed E-state index contributed by atoms with van der Waals surface area (Å²) in [4.78, 5) is 27.0. The molecule has 154 valence electrons. The number of H-pyrrole nitrogens is 1. The number of aromatic nitrogens is 1. The van der Waals surface area contributed by atoms with Crippen LogP contribution in [0.3, 0.4) is 0 Å². The predicted molar refractivity (Wildman–Crippen MR) is 105 cm³/mol. The van der Waals surface area contributed by atoms with Gasteiger partial charge in [0, 0.05) is 24.2 Å². The van der Waals surface area contributed by atoms with E-state index >= 15 is 0 Å². The first-order valence-electron chi connectivity index (χ1n) is 9.60. The monoisotopic (exact) mass is 419 g/mol. The van der Waals surface area contributed by atoms with Gasteiger partial charge in [-0.3, -0.25) is 4.79 Å². The zero-order valence-electron chi connectivity index (χ0n) is 15.3. The van der Waals surface area contributed by atoms with Crippen molar-refractivity contribution >= 4 is 29.4 Å². The highest BCUT2D eigenvalue weighted by Gasteiger charge is 2.78. The molecule has 1 saturated heterocycles. The number of aliphatic imine (C=N–C) groups is 2. The van der Waals surface area contributed by atoms with Crippen LogP contribution in [0.1, 0.15) is 22.1 Å². The van der Waals surface area contributed by atoms with Crippen LogP contribution in [0.5, 0.6) is 0 Å². The maximum absolute atomic E-state index is 13.4. The number of amides is 1. The Morgan fingerprint density at radius 3 is 2.76 bits per heavy atom. The number of alkyl halides is 1. The third-order valence-corrected chi connectivity index (χ3v) is 8.18. The first kappa shape index (κ1) is 17.4. The summed E-state index contributed by atoms with van der Waals surface area (Å²) < 4.78 is 0. The summed E-state index contributed by atoms with van der Waals surface area (Å²) in [5, 5.41) is 16.9. The Bertz CT molecular complexity index is 993. The largest absolute Gasteiger partial charge is 0.370 e. The molecule has 1 aromatic rings. The highest BCUT2D eigenvalue weighted by molar-refractivity contribution is 6.22. The van der Waals surface area contributed by atoms with Gasteiger partial charge >= 0.3 is 0 Å². The van der Waals surface area contributed by atoms with Crippen molar-refractivity contribution in [3.63, 3.8) is 0 Å². The number of hydrogen-bond donors (Lipinski definition) is 7. The number of halogens is 1. The van der Waals surface area contributed by atoms with Crippen LogP contribution in [0.4, 0.5) is 0 Å². The van der Waals surface area contributed by atoms with E-state index < -0.39 is 28.8 Å². The van der Waals surface area contributed by atoms with Crippen molar-refractivity contribution in [2.45, 2.75) is 28.8 Å². The lowest BCUT2D eigenvalue weighted by Gasteiger charge is -2.51. The molecule has 0 bridgehead atoms. The normalized spacial score (nSPS) is 46.6. The Morgan fingerprint density at radius 1 is 1.31 bits per heavy atom. The molecule has 0 radical (unpaired) electrons. The molecule has 2 spiro atoms. The summed E-state index contributed by atoms with van der Waals surface area (Å²) in [6.07, 6.45) is 0.539. The van der Waals surface area contributed by atoms with E-state index in [1.54, 1.807) is 11.1 Å². The number of hydrogen-bond acceptors (Lipinski definition) is 9. The van der Waals surface area contributed by atoms with Crippen molar-refractivity contribution in [1.29, 1.82) is 0 Å². The molecule has 4 aliphatic heterocycles. The van der Waals surface area contributed by atoms with Crippen molar-refractivity contribution in [3.05, 3.63) is 23.5 Å². The molecule has 1 aromatic heterocycles. The quantitative estimate of drug-likeness (QED) is 0.246. The van der Waals surface area contributed by atoms with Gasteiger partial charge in [-0.1, -0.05) is 0 Å². The van der Waals surface area contributed by atoms with Crippen LogP contribution in [0, 0.1) is 17.8 Å². The van der Waals surface area contributed by atoms with Crippen LogP contribution in [-0.4, -0.2) is 68.7 Å². The average molecular weight is 420 g/mol. The lowest BCUT2D eigenvalue weighted by atomic mass is 9.70. The predicted octanol–water partition coefficient (Wildman–Crippen LogP) is -2.46. The van der Waals surface area contributed by atoms with E-state index in [2.05, 4.69) is 25.6 Å². The number of aliphatic hydroxyl groups is 1. The first-order valence-corrected chi connectivity index (χ1v) is 10.0. The minimum Gasteiger partial charge on any atom is -0.370 e. The molecule has 1 saturated carbocycles. The van der Waals surface area contributed by atoms with Gasteiger partial charge in [-0.05, 0) is 24.4 Å². The van der Waals surface area contributed by atoms with Crippen LogP contribution in [0.15, 0.2) is 22.2 Å². The van der Waals surface area contributed by atoms with Crippen LogP contribution < -0.4 is 27.8 Å². The van der Waals surface area contributed by atoms with E-state index in [0.717, 1.165) is 5.56 Å². The minimum atomic E-state index is -1.18. The highest BCUT2D eigenvalue weighted by Crippen LogP contribution is 2.64. The number of fused-ring (bicyclic) bond motifs is 4. The second-order valence-electron chi connectivity index (χ2n) is 8.48. The molecular weight excluding hydrogens is 398 g/mol. The molecule has 5 heterocycles. The topological polar surface area (TPSA) is 183 Å². The number of aromatic amines is 1. The van der Waals surface area contributed by atoms with Gasteiger partial charge in [-0.2, -0.15) is 0 Å². The Kier molecular flexibility index (Phi) is 3.09. The zero-order chi connectivity index (χ0) is 20.3. The molecule has 2 fully saturated rings. The number of nitrogens with zero attached hydrogens (tertiary/aromatic N) is 3. The average Bonchev–Trinajstić information content (AvgIpc) is 3.42. The summed E-state index contributed by atoms with van der Waals surface area (Å²) >= 11 is 6.94. The smallest absolute Gasteiger partial charge is 0.272 e. The standard InChI is InChI=1S/C17H22ClN9O2/c18-10-6(3-19)7-4-27-12(28)8-5(1-2-22-8)11-17(27,26-14(20)23-11)9(7)16(10)13(29)24-15(21)25-16/h1-2,6-7,9-11,13,22,29H,3-4,19H2,(H3,20,23,26)(H3,21,24,25)/t6?,7-,9-,10+,11-,13-,16-,17+/m1/s1. The van der Waals surface area contributed by atoms with Gasteiger partial charge in [-0.25, -0.2) is 9.98 Å². The SMILES string of the molecule is NCC1[C@H]2CN3C(=O)c4[nH]ccc4[C@H]4N=C(N)N[C@]43[C@H]2[C@@]2(NC(N)=N[C@@H]2O)[C@H]1Cl. The van der Waals surface area contributed by atoms with E-state index in [9.17, 15) is 9.90 Å². The number of nitrogens with one attached hydrogen (secondary N) is 3. The molecule has 0 aromatic carbocycles. The number of carbonyl (C=O) groups excluding carboxylic acids is 1. The molecule has 1 unspecified atom stereocenters. The molecule has 11 nitrogen and oxygen atoms in total. The van der Waals surface area contributed by atoms with Gasteiger partial charge in [0.15, 0.2) is 18.1 Å². The number of carbonyl (C=O) groups is 1. The lowest BCUT2D eigenvalue weighted by Crippen LogP contribution is -2.73. The lowest BCUT2D eigenvalue weighted by molar-refractivity contribution is -0.0123. The van der Waals surface area contributed by atoms with E-state index in [1.807, 2.05) is 6.07 Å². The van der Waals surface area contributed by atoms with Crippen molar-refractivity contribution in [2.75, 3.05) is 13.1 Å².